The Balaban J connectivity index is 3.18. The van der Waals surface area contributed by atoms with Crippen LogP contribution in [-0.4, -0.2) is 0 Å². The zero-order chi connectivity index (χ0) is 9.40. The minimum atomic E-state index is 0.832. The molecule has 0 aliphatic rings. The van der Waals surface area contributed by atoms with Gasteiger partial charge in [0.2, 0.25) is 0 Å². The molecular weight excluding hydrogens is 144 g/mol. The quantitative estimate of drug-likeness (QED) is 0.528. The third-order valence-corrected chi connectivity index (χ3v) is 2.67. The van der Waals surface area contributed by atoms with E-state index in [9.17, 15) is 0 Å². The Kier molecular flexibility index (Phi) is 7.64. The molecule has 0 bridgehead atoms. The summed E-state index contributed by atoms with van der Waals surface area (Å²) in [5.41, 5.74) is 0. The maximum absolute atomic E-state index is 2.50. The summed E-state index contributed by atoms with van der Waals surface area (Å²) in [5, 5.41) is 0. The lowest BCUT2D eigenvalue weighted by Gasteiger charge is -2.11. The second-order valence-corrected chi connectivity index (χ2v) is 4.09. The van der Waals surface area contributed by atoms with E-state index in [2.05, 4.69) is 34.1 Å². The van der Waals surface area contributed by atoms with Crippen molar-refractivity contribution < 1.29 is 0 Å². The van der Waals surface area contributed by atoms with Crippen LogP contribution < -0.4 is 0 Å². The van der Waals surface area contributed by atoms with E-state index in [-0.39, 0.29) is 0 Å². The van der Waals surface area contributed by atoms with Crippen LogP contribution in [0.5, 0.6) is 0 Å². The number of rotatable bonds is 7. The fourth-order valence-corrected chi connectivity index (χ4v) is 1.44. The molecule has 0 aliphatic carbocycles. The molecule has 12 heavy (non-hydrogen) atoms. The molecular formula is C12H25. The average Bonchev–Trinajstić information content (AvgIpc) is 2.04. The minimum absolute atomic E-state index is 0.832. The van der Waals surface area contributed by atoms with Crippen LogP contribution in [0.1, 0.15) is 59.8 Å². The van der Waals surface area contributed by atoms with Crippen LogP contribution >= 0.6 is 0 Å². The average molecular weight is 169 g/mol. The van der Waals surface area contributed by atoms with Gasteiger partial charge in [-0.05, 0) is 24.7 Å². The van der Waals surface area contributed by atoms with E-state index in [1.54, 1.807) is 0 Å². The molecule has 0 rings (SSSR count). The van der Waals surface area contributed by atoms with Gasteiger partial charge in [-0.3, -0.25) is 0 Å². The summed E-state index contributed by atoms with van der Waals surface area (Å²) in [6.07, 6.45) is 9.20. The van der Waals surface area contributed by atoms with Gasteiger partial charge in [0.15, 0.2) is 0 Å². The fraction of sp³-hybridized carbons (Fsp3) is 0.917. The van der Waals surface area contributed by atoms with Gasteiger partial charge in [0.05, 0.1) is 0 Å². The largest absolute Gasteiger partial charge is 0.0654 e. The molecule has 0 saturated heterocycles. The second-order valence-electron chi connectivity index (χ2n) is 4.09. The van der Waals surface area contributed by atoms with E-state index in [4.69, 9.17) is 0 Å². The van der Waals surface area contributed by atoms with Crippen molar-refractivity contribution in [3.05, 3.63) is 6.42 Å². The summed E-state index contributed by atoms with van der Waals surface area (Å²) < 4.78 is 0. The van der Waals surface area contributed by atoms with Gasteiger partial charge in [0.25, 0.3) is 0 Å². The van der Waals surface area contributed by atoms with E-state index >= 15 is 0 Å². The monoisotopic (exact) mass is 169 g/mol. The van der Waals surface area contributed by atoms with Crippen molar-refractivity contribution in [2.75, 3.05) is 0 Å². The van der Waals surface area contributed by atoms with E-state index in [1.807, 2.05) is 0 Å². The standard InChI is InChI=1S/C12H25/c1-5-8-12(4)10-7-9-11(3)6-2/h10-12H,5-9H2,1-4H3. The molecule has 0 fully saturated rings. The Morgan fingerprint density at radius 2 is 1.75 bits per heavy atom. The molecule has 73 valence electrons. The van der Waals surface area contributed by atoms with Crippen molar-refractivity contribution >= 4 is 0 Å². The van der Waals surface area contributed by atoms with Crippen LogP contribution in [0.25, 0.3) is 0 Å². The van der Waals surface area contributed by atoms with Crippen molar-refractivity contribution in [3.8, 4) is 0 Å². The van der Waals surface area contributed by atoms with Crippen molar-refractivity contribution in [3.63, 3.8) is 0 Å². The predicted octanol–water partition coefficient (Wildman–Crippen LogP) is 4.45. The van der Waals surface area contributed by atoms with Crippen molar-refractivity contribution in [1.82, 2.24) is 0 Å². The first-order valence-corrected chi connectivity index (χ1v) is 5.54. The molecule has 0 spiro atoms. The van der Waals surface area contributed by atoms with Crippen LogP contribution in [0.3, 0.4) is 0 Å². The molecule has 0 aliphatic heterocycles. The van der Waals surface area contributed by atoms with Crippen molar-refractivity contribution in [2.45, 2.75) is 59.8 Å². The van der Waals surface area contributed by atoms with Crippen molar-refractivity contribution in [1.29, 1.82) is 0 Å². The van der Waals surface area contributed by atoms with Gasteiger partial charge in [-0.15, -0.1) is 0 Å². The zero-order valence-electron chi connectivity index (χ0n) is 9.27. The first-order valence-electron chi connectivity index (χ1n) is 5.54. The summed E-state index contributed by atoms with van der Waals surface area (Å²) >= 11 is 0. The first kappa shape index (κ1) is 12.0. The van der Waals surface area contributed by atoms with Gasteiger partial charge in [-0.2, -0.15) is 0 Å². The molecule has 2 unspecified atom stereocenters. The summed E-state index contributed by atoms with van der Waals surface area (Å²) in [5.74, 6) is 1.74. The topological polar surface area (TPSA) is 0 Å². The highest BCUT2D eigenvalue weighted by Crippen LogP contribution is 2.16. The van der Waals surface area contributed by atoms with Gasteiger partial charge in [0, 0.05) is 0 Å². The normalized spacial score (nSPS) is 16.0. The summed E-state index contributed by atoms with van der Waals surface area (Å²) in [6, 6.07) is 0. The van der Waals surface area contributed by atoms with Crippen LogP contribution in [0.15, 0.2) is 0 Å². The summed E-state index contributed by atoms with van der Waals surface area (Å²) in [7, 11) is 0. The van der Waals surface area contributed by atoms with Gasteiger partial charge in [0.1, 0.15) is 0 Å². The SMILES string of the molecule is CCCC(C)[CH]CCC(C)CC. The van der Waals surface area contributed by atoms with Crippen molar-refractivity contribution in [2.24, 2.45) is 11.8 Å². The minimum Gasteiger partial charge on any atom is -0.0654 e. The first-order chi connectivity index (χ1) is 5.70. The molecule has 0 N–H and O–H groups in total. The van der Waals surface area contributed by atoms with Gasteiger partial charge < -0.3 is 0 Å². The maximum Gasteiger partial charge on any atom is -0.0357 e. The van der Waals surface area contributed by atoms with Gasteiger partial charge in [-0.1, -0.05) is 53.4 Å². The van der Waals surface area contributed by atoms with Crippen LogP contribution in [0, 0.1) is 18.3 Å². The van der Waals surface area contributed by atoms with Crippen LogP contribution in [-0.2, 0) is 0 Å². The van der Waals surface area contributed by atoms with Gasteiger partial charge >= 0.3 is 0 Å². The Bertz CT molecular complexity index is 86.0. The maximum atomic E-state index is 2.50. The smallest absolute Gasteiger partial charge is 0.0357 e. The lowest BCUT2D eigenvalue weighted by atomic mass is 9.95. The molecule has 0 amide bonds. The van der Waals surface area contributed by atoms with Crippen LogP contribution in [0.2, 0.25) is 0 Å². The van der Waals surface area contributed by atoms with E-state index < -0.39 is 0 Å². The molecule has 0 saturated carbocycles. The molecule has 0 nitrogen and oxygen atoms in total. The Morgan fingerprint density at radius 1 is 1.08 bits per heavy atom. The highest BCUT2D eigenvalue weighted by atomic mass is 14.1. The lowest BCUT2D eigenvalue weighted by molar-refractivity contribution is 0.483. The molecule has 1 radical (unpaired) electrons. The highest BCUT2D eigenvalue weighted by Gasteiger charge is 2.02. The van der Waals surface area contributed by atoms with E-state index in [0.717, 1.165) is 11.8 Å². The molecule has 0 heterocycles. The summed E-state index contributed by atoms with van der Waals surface area (Å²) in [4.78, 5) is 0. The molecule has 0 aromatic carbocycles. The highest BCUT2D eigenvalue weighted by molar-refractivity contribution is 4.72. The van der Waals surface area contributed by atoms with E-state index in [0.29, 0.717) is 0 Å². The Labute approximate surface area is 78.8 Å². The van der Waals surface area contributed by atoms with Crippen LogP contribution in [0.4, 0.5) is 0 Å². The Hall–Kier alpha value is 0. The molecule has 2 atom stereocenters. The third-order valence-electron chi connectivity index (χ3n) is 2.67. The second kappa shape index (κ2) is 7.64. The third kappa shape index (κ3) is 6.69. The molecule has 0 aromatic rings. The predicted molar refractivity (Wildman–Crippen MR) is 57.1 cm³/mol. The fourth-order valence-electron chi connectivity index (χ4n) is 1.44. The zero-order valence-corrected chi connectivity index (χ0v) is 9.27. The summed E-state index contributed by atoms with van der Waals surface area (Å²) in [6.45, 7) is 9.22. The van der Waals surface area contributed by atoms with Gasteiger partial charge in [-0.25, -0.2) is 0 Å². The number of hydrogen-bond acceptors (Lipinski definition) is 0. The molecule has 0 aromatic heterocycles. The number of hydrogen-bond donors (Lipinski definition) is 0. The Morgan fingerprint density at radius 3 is 2.25 bits per heavy atom. The lowest BCUT2D eigenvalue weighted by Crippen LogP contribution is -1.98. The van der Waals surface area contributed by atoms with E-state index in [1.165, 1.54) is 32.1 Å². The molecule has 0 heteroatoms.